The molecule has 1 aliphatic carbocycles. The number of carbonyl (C=O) groups excluding carboxylic acids is 2. The van der Waals surface area contributed by atoms with E-state index < -0.39 is 5.97 Å². The topological polar surface area (TPSA) is 70.4 Å². The highest BCUT2D eigenvalue weighted by Crippen LogP contribution is 2.35. The number of rotatable bonds is 6. The second-order valence-electron chi connectivity index (χ2n) is 5.55. The summed E-state index contributed by atoms with van der Waals surface area (Å²) in [6.45, 7) is 2.47. The third-order valence-electron chi connectivity index (χ3n) is 4.07. The van der Waals surface area contributed by atoms with E-state index in [0.717, 1.165) is 12.8 Å². The van der Waals surface area contributed by atoms with Gasteiger partial charge in [-0.2, -0.15) is 5.26 Å². The number of nitrogens with zero attached hydrogens (tertiary/aromatic N) is 2. The molecule has 1 aromatic carbocycles. The van der Waals surface area contributed by atoms with Gasteiger partial charge in [-0.15, -0.1) is 0 Å². The van der Waals surface area contributed by atoms with Crippen molar-refractivity contribution in [2.75, 3.05) is 13.7 Å². The fourth-order valence-electron chi connectivity index (χ4n) is 2.53. The number of hydrogen-bond donors (Lipinski definition) is 0. The SMILES string of the molecule is COC(=O)c1ccc(C(=O)N(CCC#N)C(C)C2CC2)cc1. The second-order valence-corrected chi connectivity index (χ2v) is 5.55. The Kier molecular flexibility index (Phi) is 5.16. The van der Waals surface area contributed by atoms with Crippen LogP contribution < -0.4 is 0 Å². The number of ether oxygens (including phenoxy) is 1. The van der Waals surface area contributed by atoms with Crippen LogP contribution in [0, 0.1) is 17.2 Å². The Morgan fingerprint density at radius 2 is 1.91 bits per heavy atom. The number of methoxy groups -OCH3 is 1. The molecule has 0 bridgehead atoms. The van der Waals surface area contributed by atoms with Crippen LogP contribution in [0.3, 0.4) is 0 Å². The zero-order chi connectivity index (χ0) is 16.1. The van der Waals surface area contributed by atoms with Crippen molar-refractivity contribution in [3.05, 3.63) is 35.4 Å². The summed E-state index contributed by atoms with van der Waals surface area (Å²) < 4.78 is 4.64. The summed E-state index contributed by atoms with van der Waals surface area (Å²) in [7, 11) is 1.32. The fourth-order valence-corrected chi connectivity index (χ4v) is 2.53. The fraction of sp³-hybridized carbons (Fsp3) is 0.471. The third kappa shape index (κ3) is 3.64. The summed E-state index contributed by atoms with van der Waals surface area (Å²) in [6, 6.07) is 8.67. The van der Waals surface area contributed by atoms with E-state index >= 15 is 0 Å². The van der Waals surface area contributed by atoms with Gasteiger partial charge >= 0.3 is 5.97 Å². The third-order valence-corrected chi connectivity index (χ3v) is 4.07. The molecule has 0 saturated heterocycles. The number of esters is 1. The Labute approximate surface area is 130 Å². The number of nitriles is 1. The van der Waals surface area contributed by atoms with Crippen LogP contribution in [0.25, 0.3) is 0 Å². The maximum Gasteiger partial charge on any atom is 0.337 e. The molecule has 5 nitrogen and oxygen atoms in total. The highest BCUT2D eigenvalue weighted by Gasteiger charge is 2.34. The van der Waals surface area contributed by atoms with Gasteiger partial charge < -0.3 is 9.64 Å². The standard InChI is InChI=1S/C17H20N2O3/c1-12(13-4-5-13)19(11-3-10-18)16(20)14-6-8-15(9-7-14)17(21)22-2/h6-9,12-13H,3-5,11H2,1-2H3. The minimum Gasteiger partial charge on any atom is -0.465 e. The smallest absolute Gasteiger partial charge is 0.337 e. The molecule has 2 rings (SSSR count). The van der Waals surface area contributed by atoms with Crippen molar-refractivity contribution in [3.63, 3.8) is 0 Å². The van der Waals surface area contributed by atoms with Crippen LogP contribution in [-0.4, -0.2) is 36.5 Å². The van der Waals surface area contributed by atoms with E-state index in [9.17, 15) is 9.59 Å². The molecule has 5 heteroatoms. The van der Waals surface area contributed by atoms with Crippen molar-refractivity contribution in [2.24, 2.45) is 5.92 Å². The molecule has 1 aliphatic rings. The molecule has 0 aliphatic heterocycles. The first kappa shape index (κ1) is 16.0. The van der Waals surface area contributed by atoms with Crippen LogP contribution in [0.2, 0.25) is 0 Å². The van der Waals surface area contributed by atoms with Crippen molar-refractivity contribution in [2.45, 2.75) is 32.2 Å². The average molecular weight is 300 g/mol. The highest BCUT2D eigenvalue weighted by molar-refractivity contribution is 5.96. The molecular weight excluding hydrogens is 280 g/mol. The molecule has 0 heterocycles. The Bertz CT molecular complexity index is 585. The molecular formula is C17H20N2O3. The molecule has 0 radical (unpaired) electrons. The second kappa shape index (κ2) is 7.08. The van der Waals surface area contributed by atoms with Gasteiger partial charge in [0, 0.05) is 18.2 Å². The van der Waals surface area contributed by atoms with Crippen molar-refractivity contribution in [3.8, 4) is 6.07 Å². The van der Waals surface area contributed by atoms with Crippen molar-refractivity contribution >= 4 is 11.9 Å². The molecule has 22 heavy (non-hydrogen) atoms. The summed E-state index contributed by atoms with van der Waals surface area (Å²) >= 11 is 0. The zero-order valence-electron chi connectivity index (χ0n) is 12.9. The molecule has 116 valence electrons. The van der Waals surface area contributed by atoms with Crippen LogP contribution >= 0.6 is 0 Å². The van der Waals surface area contributed by atoms with E-state index in [1.54, 1.807) is 29.2 Å². The zero-order valence-corrected chi connectivity index (χ0v) is 12.9. The van der Waals surface area contributed by atoms with Gasteiger partial charge in [-0.25, -0.2) is 4.79 Å². The van der Waals surface area contributed by atoms with E-state index in [0.29, 0.717) is 30.0 Å². The Morgan fingerprint density at radius 1 is 1.32 bits per heavy atom. The minimum absolute atomic E-state index is 0.0916. The first-order valence-electron chi connectivity index (χ1n) is 7.44. The van der Waals surface area contributed by atoms with Gasteiger partial charge in [-0.3, -0.25) is 4.79 Å². The summed E-state index contributed by atoms with van der Waals surface area (Å²) in [6.07, 6.45) is 2.60. The van der Waals surface area contributed by atoms with Gasteiger partial charge in [0.05, 0.1) is 25.2 Å². The van der Waals surface area contributed by atoms with Gasteiger partial charge in [-0.1, -0.05) is 0 Å². The molecule has 0 aromatic heterocycles. The maximum atomic E-state index is 12.7. The van der Waals surface area contributed by atoms with Gasteiger partial charge in [0.1, 0.15) is 0 Å². The normalized spacial score (nSPS) is 14.8. The molecule has 1 fully saturated rings. The van der Waals surface area contributed by atoms with E-state index in [-0.39, 0.29) is 11.9 Å². The molecule has 0 spiro atoms. The summed E-state index contributed by atoms with van der Waals surface area (Å²) in [5.74, 6) is 0.0229. The predicted octanol–water partition coefficient (Wildman–Crippen LogP) is 2.63. The molecule has 1 unspecified atom stereocenters. The number of amides is 1. The minimum atomic E-state index is -0.424. The number of carbonyl (C=O) groups is 2. The molecule has 1 amide bonds. The summed E-state index contributed by atoms with van der Waals surface area (Å²) in [5.41, 5.74) is 0.941. The predicted molar refractivity (Wildman–Crippen MR) is 81.2 cm³/mol. The van der Waals surface area contributed by atoms with E-state index in [2.05, 4.69) is 10.8 Å². The quantitative estimate of drug-likeness (QED) is 0.757. The van der Waals surface area contributed by atoms with Crippen molar-refractivity contribution in [1.82, 2.24) is 4.90 Å². The Morgan fingerprint density at radius 3 is 2.41 bits per heavy atom. The van der Waals surface area contributed by atoms with Gasteiger partial charge in [0.2, 0.25) is 0 Å². The van der Waals surface area contributed by atoms with Crippen molar-refractivity contribution in [1.29, 1.82) is 5.26 Å². The van der Waals surface area contributed by atoms with Gasteiger partial charge in [0.15, 0.2) is 0 Å². The average Bonchev–Trinajstić information content (AvgIpc) is 3.39. The largest absolute Gasteiger partial charge is 0.465 e. The van der Waals surface area contributed by atoms with E-state index in [1.807, 2.05) is 6.92 Å². The molecule has 1 atom stereocenters. The monoisotopic (exact) mass is 300 g/mol. The van der Waals surface area contributed by atoms with Crippen molar-refractivity contribution < 1.29 is 14.3 Å². The number of benzene rings is 1. The first-order chi connectivity index (χ1) is 10.6. The van der Waals surface area contributed by atoms with Crippen LogP contribution in [0.5, 0.6) is 0 Å². The first-order valence-corrected chi connectivity index (χ1v) is 7.44. The Balaban J connectivity index is 2.15. The van der Waals surface area contributed by atoms with Crippen LogP contribution in [0.4, 0.5) is 0 Å². The molecule has 1 saturated carbocycles. The maximum absolute atomic E-state index is 12.7. The van der Waals surface area contributed by atoms with Gasteiger partial charge in [-0.05, 0) is 49.9 Å². The van der Waals surface area contributed by atoms with Gasteiger partial charge in [0.25, 0.3) is 5.91 Å². The number of hydrogen-bond acceptors (Lipinski definition) is 4. The Hall–Kier alpha value is -2.35. The lowest BCUT2D eigenvalue weighted by Crippen LogP contribution is -2.40. The van der Waals surface area contributed by atoms with Crippen LogP contribution in [0.15, 0.2) is 24.3 Å². The summed E-state index contributed by atoms with van der Waals surface area (Å²) in [5, 5.41) is 8.79. The summed E-state index contributed by atoms with van der Waals surface area (Å²) in [4.78, 5) is 25.9. The molecule has 1 aromatic rings. The lowest BCUT2D eigenvalue weighted by Gasteiger charge is -2.29. The van der Waals surface area contributed by atoms with E-state index in [4.69, 9.17) is 5.26 Å². The van der Waals surface area contributed by atoms with E-state index in [1.165, 1.54) is 7.11 Å². The lowest BCUT2D eigenvalue weighted by molar-refractivity contribution is 0.0598. The lowest BCUT2D eigenvalue weighted by atomic mass is 10.1. The van der Waals surface area contributed by atoms with Crippen LogP contribution in [-0.2, 0) is 4.74 Å². The van der Waals surface area contributed by atoms with Crippen LogP contribution in [0.1, 0.15) is 46.9 Å². The highest BCUT2D eigenvalue weighted by atomic mass is 16.5. The molecule has 0 N–H and O–H groups in total.